The zero-order valence-electron chi connectivity index (χ0n) is 11.2. The van der Waals surface area contributed by atoms with Gasteiger partial charge in [-0.25, -0.2) is 4.98 Å². The Hall–Kier alpha value is -1.75. The van der Waals surface area contributed by atoms with Crippen molar-refractivity contribution in [1.82, 2.24) is 14.9 Å². The van der Waals surface area contributed by atoms with Crippen molar-refractivity contribution in [2.24, 2.45) is 5.92 Å². The SMILES string of the molecule is O=C(c1ccccn1)N1CCC[C@H](Cc2nccs2)C1. The van der Waals surface area contributed by atoms with E-state index in [1.165, 1.54) is 11.4 Å². The molecule has 1 aliphatic rings. The minimum Gasteiger partial charge on any atom is -0.337 e. The second-order valence-electron chi connectivity index (χ2n) is 5.10. The first-order valence-electron chi connectivity index (χ1n) is 6.91. The van der Waals surface area contributed by atoms with Gasteiger partial charge in [0.25, 0.3) is 5.91 Å². The third kappa shape index (κ3) is 3.04. The fourth-order valence-electron chi connectivity index (χ4n) is 2.67. The third-order valence-corrected chi connectivity index (χ3v) is 4.44. The molecule has 0 aliphatic carbocycles. The summed E-state index contributed by atoms with van der Waals surface area (Å²) in [6, 6.07) is 5.47. The van der Waals surface area contributed by atoms with Crippen LogP contribution in [0.2, 0.25) is 0 Å². The second-order valence-corrected chi connectivity index (χ2v) is 6.08. The highest BCUT2D eigenvalue weighted by molar-refractivity contribution is 7.09. The highest BCUT2D eigenvalue weighted by Crippen LogP contribution is 2.22. The topological polar surface area (TPSA) is 46.1 Å². The van der Waals surface area contributed by atoms with Crippen LogP contribution in [0.25, 0.3) is 0 Å². The molecule has 1 aliphatic heterocycles. The summed E-state index contributed by atoms with van der Waals surface area (Å²) in [5, 5.41) is 3.18. The summed E-state index contributed by atoms with van der Waals surface area (Å²) in [6.45, 7) is 1.65. The van der Waals surface area contributed by atoms with E-state index >= 15 is 0 Å². The smallest absolute Gasteiger partial charge is 0.272 e. The molecule has 3 heterocycles. The van der Waals surface area contributed by atoms with Crippen molar-refractivity contribution in [2.75, 3.05) is 13.1 Å². The summed E-state index contributed by atoms with van der Waals surface area (Å²) >= 11 is 1.70. The molecule has 0 aromatic carbocycles. The molecular weight excluding hydrogens is 270 g/mol. The summed E-state index contributed by atoms with van der Waals surface area (Å²) in [6.07, 6.45) is 6.73. The maximum atomic E-state index is 12.4. The molecule has 1 fully saturated rings. The van der Waals surface area contributed by atoms with Crippen LogP contribution in [-0.2, 0) is 6.42 Å². The van der Waals surface area contributed by atoms with Gasteiger partial charge in [0.1, 0.15) is 5.69 Å². The van der Waals surface area contributed by atoms with Gasteiger partial charge in [-0.2, -0.15) is 0 Å². The number of thiazole rings is 1. The van der Waals surface area contributed by atoms with Gasteiger partial charge in [-0.1, -0.05) is 6.07 Å². The Morgan fingerprint density at radius 3 is 3.05 bits per heavy atom. The van der Waals surface area contributed by atoms with Crippen molar-refractivity contribution in [1.29, 1.82) is 0 Å². The zero-order valence-corrected chi connectivity index (χ0v) is 12.1. The van der Waals surface area contributed by atoms with Gasteiger partial charge in [0.15, 0.2) is 0 Å². The first-order valence-corrected chi connectivity index (χ1v) is 7.79. The van der Waals surface area contributed by atoms with E-state index in [1.807, 2.05) is 28.6 Å². The van der Waals surface area contributed by atoms with Crippen LogP contribution in [0.4, 0.5) is 0 Å². The second kappa shape index (κ2) is 6.13. The van der Waals surface area contributed by atoms with E-state index in [1.54, 1.807) is 23.6 Å². The number of nitrogens with zero attached hydrogens (tertiary/aromatic N) is 3. The molecule has 0 saturated carbocycles. The maximum absolute atomic E-state index is 12.4. The van der Waals surface area contributed by atoms with Crippen LogP contribution in [0.15, 0.2) is 36.0 Å². The molecule has 2 aromatic rings. The van der Waals surface area contributed by atoms with E-state index in [9.17, 15) is 4.79 Å². The van der Waals surface area contributed by atoms with Gasteiger partial charge in [-0.15, -0.1) is 11.3 Å². The number of carbonyl (C=O) groups is 1. The van der Waals surface area contributed by atoms with Crippen molar-refractivity contribution in [2.45, 2.75) is 19.3 Å². The average Bonchev–Trinajstić information content (AvgIpc) is 3.01. The lowest BCUT2D eigenvalue weighted by Gasteiger charge is -2.32. The molecule has 0 unspecified atom stereocenters. The first kappa shape index (κ1) is 13.2. The largest absolute Gasteiger partial charge is 0.337 e. The molecule has 0 bridgehead atoms. The van der Waals surface area contributed by atoms with Crippen LogP contribution in [0.5, 0.6) is 0 Å². The number of amides is 1. The van der Waals surface area contributed by atoms with E-state index in [4.69, 9.17) is 0 Å². The highest BCUT2D eigenvalue weighted by Gasteiger charge is 2.25. The molecule has 0 radical (unpaired) electrons. The quantitative estimate of drug-likeness (QED) is 0.872. The predicted octanol–water partition coefficient (Wildman–Crippen LogP) is 2.63. The number of likely N-dealkylation sites (tertiary alicyclic amines) is 1. The molecule has 1 amide bonds. The Balaban J connectivity index is 1.64. The fourth-order valence-corrected chi connectivity index (χ4v) is 3.40. The van der Waals surface area contributed by atoms with Crippen molar-refractivity contribution in [3.63, 3.8) is 0 Å². The van der Waals surface area contributed by atoms with Crippen LogP contribution < -0.4 is 0 Å². The van der Waals surface area contributed by atoms with Crippen molar-refractivity contribution in [3.05, 3.63) is 46.7 Å². The van der Waals surface area contributed by atoms with Gasteiger partial charge in [-0.05, 0) is 30.9 Å². The molecule has 0 N–H and O–H groups in total. The van der Waals surface area contributed by atoms with Gasteiger partial charge in [-0.3, -0.25) is 9.78 Å². The molecule has 2 aromatic heterocycles. The lowest BCUT2D eigenvalue weighted by molar-refractivity contribution is 0.0667. The monoisotopic (exact) mass is 287 g/mol. The van der Waals surface area contributed by atoms with Crippen molar-refractivity contribution < 1.29 is 4.79 Å². The maximum Gasteiger partial charge on any atom is 0.272 e. The standard InChI is InChI=1S/C15H17N3OS/c19-15(13-5-1-2-6-16-13)18-8-3-4-12(11-18)10-14-17-7-9-20-14/h1-2,5-7,9,12H,3-4,8,10-11H2/t12-/m1/s1. The zero-order chi connectivity index (χ0) is 13.8. The Labute approximate surface area is 122 Å². The van der Waals surface area contributed by atoms with Crippen LogP contribution in [0.1, 0.15) is 28.3 Å². The lowest BCUT2D eigenvalue weighted by atomic mass is 9.95. The summed E-state index contributed by atoms with van der Waals surface area (Å²) in [5.74, 6) is 0.567. The fraction of sp³-hybridized carbons (Fsp3) is 0.400. The Morgan fingerprint density at radius 1 is 1.35 bits per heavy atom. The van der Waals surface area contributed by atoms with Crippen molar-refractivity contribution >= 4 is 17.2 Å². The molecule has 104 valence electrons. The van der Waals surface area contributed by atoms with Gasteiger partial charge in [0.05, 0.1) is 5.01 Å². The third-order valence-electron chi connectivity index (χ3n) is 3.64. The van der Waals surface area contributed by atoms with Crippen LogP contribution in [0.3, 0.4) is 0 Å². The summed E-state index contributed by atoms with van der Waals surface area (Å²) < 4.78 is 0. The number of rotatable bonds is 3. The van der Waals surface area contributed by atoms with Gasteiger partial charge < -0.3 is 4.90 Å². The number of hydrogen-bond donors (Lipinski definition) is 0. The molecule has 1 atom stereocenters. The minimum atomic E-state index is 0.0504. The van der Waals surface area contributed by atoms with Crippen molar-refractivity contribution in [3.8, 4) is 0 Å². The first-order chi connectivity index (χ1) is 9.83. The van der Waals surface area contributed by atoms with Gasteiger partial charge in [0.2, 0.25) is 0 Å². The Morgan fingerprint density at radius 2 is 2.30 bits per heavy atom. The molecule has 3 rings (SSSR count). The Kier molecular flexibility index (Phi) is 4.06. The average molecular weight is 287 g/mol. The van der Waals surface area contributed by atoms with Gasteiger partial charge in [0, 0.05) is 37.3 Å². The lowest BCUT2D eigenvalue weighted by Crippen LogP contribution is -2.40. The van der Waals surface area contributed by atoms with E-state index in [-0.39, 0.29) is 5.91 Å². The summed E-state index contributed by atoms with van der Waals surface area (Å²) in [7, 11) is 0. The van der Waals surface area contributed by atoms with Gasteiger partial charge >= 0.3 is 0 Å². The van der Waals surface area contributed by atoms with Crippen LogP contribution >= 0.6 is 11.3 Å². The molecule has 5 heteroatoms. The number of carbonyl (C=O) groups excluding carboxylic acids is 1. The molecule has 20 heavy (non-hydrogen) atoms. The molecular formula is C15H17N3OS. The normalized spacial score (nSPS) is 19.0. The number of pyridine rings is 1. The molecule has 1 saturated heterocycles. The summed E-state index contributed by atoms with van der Waals surface area (Å²) in [5.41, 5.74) is 0.544. The molecule has 4 nitrogen and oxygen atoms in total. The summed E-state index contributed by atoms with van der Waals surface area (Å²) in [4.78, 5) is 22.8. The van der Waals surface area contributed by atoms with Crippen LogP contribution in [0, 0.1) is 5.92 Å². The van der Waals surface area contributed by atoms with E-state index < -0.39 is 0 Å². The van der Waals surface area contributed by atoms with E-state index in [0.29, 0.717) is 11.6 Å². The van der Waals surface area contributed by atoms with E-state index in [2.05, 4.69) is 9.97 Å². The number of piperidine rings is 1. The highest BCUT2D eigenvalue weighted by atomic mass is 32.1. The number of aromatic nitrogens is 2. The molecule has 0 spiro atoms. The predicted molar refractivity (Wildman–Crippen MR) is 78.7 cm³/mol. The van der Waals surface area contributed by atoms with E-state index in [0.717, 1.165) is 25.9 Å². The Bertz CT molecular complexity index is 556. The van der Waals surface area contributed by atoms with Crippen LogP contribution in [-0.4, -0.2) is 33.9 Å². The minimum absolute atomic E-state index is 0.0504. The number of hydrogen-bond acceptors (Lipinski definition) is 4.